The Balaban J connectivity index is 0.00000225. The molecular weight excluding hydrogens is 247 g/mol. The van der Waals surface area contributed by atoms with Crippen LogP contribution in [0.1, 0.15) is 25.5 Å². The van der Waals surface area contributed by atoms with Crippen molar-refractivity contribution in [3.63, 3.8) is 0 Å². The molecule has 90 valence electrons. The molecule has 0 aromatic heterocycles. The van der Waals surface area contributed by atoms with Gasteiger partial charge in [-0.1, -0.05) is 23.7 Å². The molecule has 0 saturated carbocycles. The zero-order chi connectivity index (χ0) is 11.4. The molecule has 1 unspecified atom stereocenters. The second-order valence-electron chi connectivity index (χ2n) is 3.57. The zero-order valence-electron chi connectivity index (χ0n) is 9.24. The van der Waals surface area contributed by atoms with E-state index in [1.807, 2.05) is 25.1 Å². The molecule has 3 nitrogen and oxygen atoms in total. The summed E-state index contributed by atoms with van der Waals surface area (Å²) in [6, 6.07) is 6.82. The summed E-state index contributed by atoms with van der Waals surface area (Å²) >= 11 is 5.85. The van der Waals surface area contributed by atoms with Crippen LogP contribution in [-0.4, -0.2) is 11.9 Å². The van der Waals surface area contributed by atoms with Crippen LogP contribution in [0.25, 0.3) is 0 Å². The summed E-state index contributed by atoms with van der Waals surface area (Å²) in [4.78, 5) is 11.3. The number of carbonyl (C=O) groups is 1. The van der Waals surface area contributed by atoms with Crippen LogP contribution in [-0.2, 0) is 4.79 Å². The van der Waals surface area contributed by atoms with Crippen molar-refractivity contribution in [2.75, 3.05) is 0 Å². The molecule has 0 saturated heterocycles. The largest absolute Gasteiger partial charge is 0.348 e. The van der Waals surface area contributed by atoms with Gasteiger partial charge in [0.1, 0.15) is 0 Å². The summed E-state index contributed by atoms with van der Waals surface area (Å²) in [7, 11) is 0. The monoisotopic (exact) mass is 262 g/mol. The molecule has 0 fully saturated rings. The lowest BCUT2D eigenvalue weighted by molar-refractivity contribution is -0.122. The first-order valence-corrected chi connectivity index (χ1v) is 5.20. The van der Waals surface area contributed by atoms with Gasteiger partial charge in [-0.25, -0.2) is 0 Å². The van der Waals surface area contributed by atoms with E-state index >= 15 is 0 Å². The van der Waals surface area contributed by atoms with Crippen molar-refractivity contribution in [3.8, 4) is 0 Å². The van der Waals surface area contributed by atoms with Gasteiger partial charge in [-0.15, -0.1) is 12.4 Å². The molecule has 2 atom stereocenters. The topological polar surface area (TPSA) is 55.1 Å². The lowest BCUT2D eigenvalue weighted by atomic mass is 10.1. The Hall–Kier alpha value is -0.770. The molecule has 5 heteroatoms. The highest BCUT2D eigenvalue weighted by Crippen LogP contribution is 2.17. The van der Waals surface area contributed by atoms with Crippen LogP contribution < -0.4 is 11.1 Å². The third-order valence-electron chi connectivity index (χ3n) is 2.12. The molecule has 0 bridgehead atoms. The highest BCUT2D eigenvalue weighted by atomic mass is 35.5. The number of halogens is 2. The summed E-state index contributed by atoms with van der Waals surface area (Å²) in [5.74, 6) is -0.164. The number of carbonyl (C=O) groups excluding carboxylic acids is 1. The Labute approximate surface area is 107 Å². The molecule has 16 heavy (non-hydrogen) atoms. The van der Waals surface area contributed by atoms with Crippen molar-refractivity contribution in [1.82, 2.24) is 5.32 Å². The van der Waals surface area contributed by atoms with Gasteiger partial charge in [-0.05, 0) is 31.5 Å². The van der Waals surface area contributed by atoms with E-state index in [0.29, 0.717) is 5.02 Å². The van der Waals surface area contributed by atoms with Crippen molar-refractivity contribution in [2.45, 2.75) is 25.9 Å². The average molecular weight is 263 g/mol. The summed E-state index contributed by atoms with van der Waals surface area (Å²) in [6.07, 6.45) is 0. The van der Waals surface area contributed by atoms with Crippen molar-refractivity contribution in [3.05, 3.63) is 34.9 Å². The first-order valence-electron chi connectivity index (χ1n) is 4.82. The maximum atomic E-state index is 11.3. The first-order chi connectivity index (χ1) is 7.00. The molecule has 0 spiro atoms. The average Bonchev–Trinajstić information content (AvgIpc) is 2.17. The van der Waals surface area contributed by atoms with E-state index in [0.717, 1.165) is 5.56 Å². The fourth-order valence-corrected chi connectivity index (χ4v) is 1.40. The maximum absolute atomic E-state index is 11.3. The summed E-state index contributed by atoms with van der Waals surface area (Å²) in [5, 5.41) is 3.46. The number of nitrogens with two attached hydrogens (primary N) is 1. The van der Waals surface area contributed by atoms with Gasteiger partial charge in [-0.3, -0.25) is 4.79 Å². The van der Waals surface area contributed by atoms with Crippen molar-refractivity contribution < 1.29 is 4.79 Å². The van der Waals surface area contributed by atoms with E-state index < -0.39 is 6.04 Å². The van der Waals surface area contributed by atoms with E-state index in [4.69, 9.17) is 17.3 Å². The molecule has 0 aliphatic carbocycles. The van der Waals surface area contributed by atoms with Crippen LogP contribution in [0.15, 0.2) is 24.3 Å². The molecule has 0 radical (unpaired) electrons. The van der Waals surface area contributed by atoms with Crippen LogP contribution in [0.3, 0.4) is 0 Å². The van der Waals surface area contributed by atoms with Crippen LogP contribution in [0, 0.1) is 0 Å². The van der Waals surface area contributed by atoms with Crippen LogP contribution >= 0.6 is 24.0 Å². The number of benzene rings is 1. The summed E-state index contributed by atoms with van der Waals surface area (Å²) in [6.45, 7) is 3.55. The fraction of sp³-hybridized carbons (Fsp3) is 0.364. The van der Waals surface area contributed by atoms with Gasteiger partial charge in [0.2, 0.25) is 5.91 Å². The van der Waals surface area contributed by atoms with E-state index in [9.17, 15) is 4.79 Å². The Morgan fingerprint density at radius 3 is 2.56 bits per heavy atom. The smallest absolute Gasteiger partial charge is 0.237 e. The van der Waals surface area contributed by atoms with Gasteiger partial charge >= 0.3 is 0 Å². The number of rotatable bonds is 3. The van der Waals surface area contributed by atoms with E-state index in [-0.39, 0.29) is 24.4 Å². The SMILES string of the molecule is CC(NC(=O)[C@@H](C)N)c1cccc(Cl)c1.Cl. The number of hydrogen-bond donors (Lipinski definition) is 2. The summed E-state index contributed by atoms with van der Waals surface area (Å²) < 4.78 is 0. The lowest BCUT2D eigenvalue weighted by Gasteiger charge is -2.16. The van der Waals surface area contributed by atoms with Crippen LogP contribution in [0.4, 0.5) is 0 Å². The number of amides is 1. The van der Waals surface area contributed by atoms with Gasteiger partial charge < -0.3 is 11.1 Å². The third-order valence-corrected chi connectivity index (χ3v) is 2.36. The van der Waals surface area contributed by atoms with E-state index in [2.05, 4.69) is 5.32 Å². The molecule has 3 N–H and O–H groups in total. The van der Waals surface area contributed by atoms with Crippen LogP contribution in [0.5, 0.6) is 0 Å². The van der Waals surface area contributed by atoms with E-state index in [1.54, 1.807) is 13.0 Å². The Morgan fingerprint density at radius 1 is 1.44 bits per heavy atom. The highest BCUT2D eigenvalue weighted by molar-refractivity contribution is 6.30. The third kappa shape index (κ3) is 4.39. The van der Waals surface area contributed by atoms with Crippen molar-refractivity contribution in [1.29, 1.82) is 0 Å². The Kier molecular flexibility index (Phi) is 6.41. The molecular formula is C11H16Cl2N2O. The minimum atomic E-state index is -0.494. The molecule has 0 aliphatic heterocycles. The quantitative estimate of drug-likeness (QED) is 0.879. The van der Waals surface area contributed by atoms with E-state index in [1.165, 1.54) is 0 Å². The first kappa shape index (κ1) is 15.2. The Morgan fingerprint density at radius 2 is 2.06 bits per heavy atom. The van der Waals surface area contributed by atoms with Gasteiger partial charge in [-0.2, -0.15) is 0 Å². The predicted molar refractivity (Wildman–Crippen MR) is 68.9 cm³/mol. The van der Waals surface area contributed by atoms with Gasteiger partial charge in [0.15, 0.2) is 0 Å². The molecule has 1 amide bonds. The minimum Gasteiger partial charge on any atom is -0.348 e. The second-order valence-corrected chi connectivity index (χ2v) is 4.01. The standard InChI is InChI=1S/C11H15ClN2O.ClH/c1-7(13)11(15)14-8(2)9-4-3-5-10(12)6-9;/h3-8H,13H2,1-2H3,(H,14,15);1H/t7-,8?;/m1./s1. The number of hydrogen-bond acceptors (Lipinski definition) is 2. The van der Waals surface area contributed by atoms with Gasteiger partial charge in [0, 0.05) is 5.02 Å². The van der Waals surface area contributed by atoms with Crippen molar-refractivity contribution in [2.24, 2.45) is 5.73 Å². The minimum absolute atomic E-state index is 0. The highest BCUT2D eigenvalue weighted by Gasteiger charge is 2.12. The maximum Gasteiger partial charge on any atom is 0.237 e. The van der Waals surface area contributed by atoms with Crippen molar-refractivity contribution >= 4 is 29.9 Å². The predicted octanol–water partition coefficient (Wildman–Crippen LogP) is 2.29. The summed E-state index contributed by atoms with van der Waals surface area (Å²) in [5.41, 5.74) is 6.42. The van der Waals surface area contributed by atoms with Crippen LogP contribution in [0.2, 0.25) is 5.02 Å². The molecule has 1 aromatic rings. The molecule has 0 aliphatic rings. The normalized spacial score (nSPS) is 13.5. The Bertz CT molecular complexity index is 356. The second kappa shape index (κ2) is 6.74. The molecule has 0 heterocycles. The zero-order valence-corrected chi connectivity index (χ0v) is 10.8. The molecule has 1 aromatic carbocycles. The molecule has 1 rings (SSSR count). The van der Waals surface area contributed by atoms with Gasteiger partial charge in [0.25, 0.3) is 0 Å². The van der Waals surface area contributed by atoms with Gasteiger partial charge in [0.05, 0.1) is 12.1 Å². The number of nitrogens with one attached hydrogen (secondary N) is 1. The lowest BCUT2D eigenvalue weighted by Crippen LogP contribution is -2.39. The fourth-order valence-electron chi connectivity index (χ4n) is 1.20.